The van der Waals surface area contributed by atoms with E-state index in [9.17, 15) is 23.5 Å². The maximum Gasteiger partial charge on any atom is 0.258 e. The smallest absolute Gasteiger partial charge is 0.258 e. The molecule has 10 heteroatoms. The zero-order chi connectivity index (χ0) is 28.1. The molecule has 8 nitrogen and oxygen atoms in total. The third-order valence-corrected chi connectivity index (χ3v) is 6.81. The summed E-state index contributed by atoms with van der Waals surface area (Å²) >= 11 is 0. The predicted octanol–water partition coefficient (Wildman–Crippen LogP) is 3.96. The molecule has 0 radical (unpaired) electrons. The molecule has 0 aliphatic carbocycles. The third-order valence-electron chi connectivity index (χ3n) is 6.81. The van der Waals surface area contributed by atoms with Crippen molar-refractivity contribution in [2.45, 2.75) is 32.5 Å². The molecule has 0 spiro atoms. The first-order valence-electron chi connectivity index (χ1n) is 12.7. The lowest BCUT2D eigenvalue weighted by Crippen LogP contribution is -2.49. The molecule has 1 aliphatic heterocycles. The number of aliphatic hydroxyl groups is 1. The van der Waals surface area contributed by atoms with Gasteiger partial charge in [-0.3, -0.25) is 19.5 Å². The number of aromatic nitrogens is 1. The van der Waals surface area contributed by atoms with Crippen molar-refractivity contribution in [3.63, 3.8) is 0 Å². The first-order valence-corrected chi connectivity index (χ1v) is 12.7. The molecule has 0 fully saturated rings. The van der Waals surface area contributed by atoms with Crippen molar-refractivity contribution in [2.75, 3.05) is 32.1 Å². The standard InChI is InChI=1S/C29H32F2N4O4/c1-18-14-35(19(2)17-36)29(38)22-5-4-6-25(33-28(37)21-9-11-32-12-10-21)27(22)39-26(18)16-34(3)15-20-7-8-23(30)24(31)13-20/h4-13,18-19,26,36H,14-17H2,1-3H3,(H,33,37)/t18-,19-,26+/m0/s1. The monoisotopic (exact) mass is 538 g/mol. The minimum atomic E-state index is -0.910. The number of para-hydroxylation sites is 1. The molecule has 0 unspecified atom stereocenters. The molecule has 3 atom stereocenters. The number of anilines is 1. The van der Waals surface area contributed by atoms with Gasteiger partial charge in [0.2, 0.25) is 0 Å². The van der Waals surface area contributed by atoms with Crippen LogP contribution in [0.3, 0.4) is 0 Å². The summed E-state index contributed by atoms with van der Waals surface area (Å²) in [6.07, 6.45) is 2.58. The zero-order valence-electron chi connectivity index (χ0n) is 22.1. The number of pyridine rings is 1. The van der Waals surface area contributed by atoms with E-state index in [-0.39, 0.29) is 35.7 Å². The summed E-state index contributed by atoms with van der Waals surface area (Å²) < 4.78 is 33.6. The van der Waals surface area contributed by atoms with Gasteiger partial charge in [-0.1, -0.05) is 19.1 Å². The van der Waals surface area contributed by atoms with Crippen molar-refractivity contribution in [1.82, 2.24) is 14.8 Å². The summed E-state index contributed by atoms with van der Waals surface area (Å²) in [5.41, 5.74) is 1.60. The van der Waals surface area contributed by atoms with E-state index >= 15 is 0 Å². The number of aliphatic hydroxyl groups excluding tert-OH is 1. The van der Waals surface area contributed by atoms with Crippen molar-refractivity contribution >= 4 is 17.5 Å². The summed E-state index contributed by atoms with van der Waals surface area (Å²) in [5.74, 6) is -2.45. The Kier molecular flexibility index (Phi) is 8.88. The van der Waals surface area contributed by atoms with E-state index in [0.717, 1.165) is 6.07 Å². The number of carbonyl (C=O) groups excluding carboxylic acids is 2. The Bertz CT molecular complexity index is 1320. The van der Waals surface area contributed by atoms with E-state index < -0.39 is 23.8 Å². The zero-order valence-corrected chi connectivity index (χ0v) is 22.1. The highest BCUT2D eigenvalue weighted by atomic mass is 19.2. The largest absolute Gasteiger partial charge is 0.486 e. The number of nitrogens with one attached hydrogen (secondary N) is 1. The van der Waals surface area contributed by atoms with Gasteiger partial charge in [0.25, 0.3) is 11.8 Å². The first-order chi connectivity index (χ1) is 18.7. The molecule has 1 aliphatic rings. The van der Waals surface area contributed by atoms with Gasteiger partial charge in [0.15, 0.2) is 17.4 Å². The minimum Gasteiger partial charge on any atom is -0.486 e. The Hall–Kier alpha value is -3.89. The molecule has 2 aromatic carbocycles. The predicted molar refractivity (Wildman–Crippen MR) is 142 cm³/mol. The Balaban J connectivity index is 1.66. The van der Waals surface area contributed by atoms with E-state index in [1.807, 2.05) is 18.9 Å². The average molecular weight is 539 g/mol. The molecular formula is C29H32F2N4O4. The molecule has 2 amide bonds. The number of carbonyl (C=O) groups is 2. The fourth-order valence-corrected chi connectivity index (χ4v) is 4.58. The summed E-state index contributed by atoms with van der Waals surface area (Å²) in [7, 11) is 1.84. The number of hydrogen-bond donors (Lipinski definition) is 2. The van der Waals surface area contributed by atoms with Crippen molar-refractivity contribution in [2.24, 2.45) is 5.92 Å². The van der Waals surface area contributed by atoms with Crippen LogP contribution in [-0.2, 0) is 6.54 Å². The number of rotatable bonds is 8. The van der Waals surface area contributed by atoms with Crippen LogP contribution in [-0.4, -0.2) is 70.6 Å². The lowest BCUT2D eigenvalue weighted by atomic mass is 9.98. The van der Waals surface area contributed by atoms with Crippen LogP contribution in [0.5, 0.6) is 5.75 Å². The molecule has 39 heavy (non-hydrogen) atoms. The SMILES string of the molecule is C[C@H]1CN([C@@H](C)CO)C(=O)c2cccc(NC(=O)c3ccncc3)c2O[C@@H]1CN(C)Cc1ccc(F)c(F)c1. The van der Waals surface area contributed by atoms with Crippen molar-refractivity contribution in [3.05, 3.63) is 89.2 Å². The number of benzene rings is 2. The van der Waals surface area contributed by atoms with E-state index in [1.54, 1.807) is 42.2 Å². The van der Waals surface area contributed by atoms with E-state index in [1.165, 1.54) is 24.5 Å². The number of halogens is 2. The molecule has 2 N–H and O–H groups in total. The van der Waals surface area contributed by atoms with Gasteiger partial charge >= 0.3 is 0 Å². The molecule has 3 aromatic rings. The van der Waals surface area contributed by atoms with Crippen LogP contribution in [0.2, 0.25) is 0 Å². The van der Waals surface area contributed by atoms with Gasteiger partial charge in [0.1, 0.15) is 6.10 Å². The van der Waals surface area contributed by atoms with Gasteiger partial charge < -0.3 is 20.1 Å². The Labute approximate surface area is 226 Å². The fourth-order valence-electron chi connectivity index (χ4n) is 4.58. The van der Waals surface area contributed by atoms with Gasteiger partial charge in [-0.2, -0.15) is 0 Å². The molecular weight excluding hydrogens is 506 g/mol. The highest BCUT2D eigenvalue weighted by molar-refractivity contribution is 6.07. The highest BCUT2D eigenvalue weighted by Crippen LogP contribution is 2.35. The van der Waals surface area contributed by atoms with Gasteiger partial charge in [-0.25, -0.2) is 8.78 Å². The Morgan fingerprint density at radius 1 is 1.21 bits per heavy atom. The quantitative estimate of drug-likeness (QED) is 0.451. The van der Waals surface area contributed by atoms with Crippen LogP contribution in [0.25, 0.3) is 0 Å². The fraction of sp³-hybridized carbons (Fsp3) is 0.345. The van der Waals surface area contributed by atoms with Crippen LogP contribution < -0.4 is 10.1 Å². The maximum absolute atomic E-state index is 13.8. The molecule has 4 rings (SSSR count). The Morgan fingerprint density at radius 2 is 1.95 bits per heavy atom. The van der Waals surface area contributed by atoms with E-state index in [4.69, 9.17) is 4.74 Å². The van der Waals surface area contributed by atoms with Crippen LogP contribution >= 0.6 is 0 Å². The number of ether oxygens (including phenoxy) is 1. The normalized spacial score (nSPS) is 18.1. The van der Waals surface area contributed by atoms with E-state index in [2.05, 4.69) is 10.3 Å². The van der Waals surface area contributed by atoms with Crippen molar-refractivity contribution in [1.29, 1.82) is 0 Å². The van der Waals surface area contributed by atoms with Crippen molar-refractivity contribution < 1.29 is 28.2 Å². The lowest BCUT2D eigenvalue weighted by molar-refractivity contribution is 0.0343. The minimum absolute atomic E-state index is 0.174. The summed E-state index contributed by atoms with van der Waals surface area (Å²) in [5, 5.41) is 12.7. The van der Waals surface area contributed by atoms with Crippen LogP contribution in [0, 0.1) is 17.6 Å². The van der Waals surface area contributed by atoms with Crippen LogP contribution in [0.4, 0.5) is 14.5 Å². The van der Waals surface area contributed by atoms with Gasteiger partial charge in [-0.05, 0) is 55.9 Å². The van der Waals surface area contributed by atoms with Gasteiger partial charge in [-0.15, -0.1) is 0 Å². The molecule has 206 valence electrons. The van der Waals surface area contributed by atoms with Gasteiger partial charge in [0.05, 0.1) is 23.9 Å². The number of fused-ring (bicyclic) bond motifs is 1. The number of amides is 2. The van der Waals surface area contributed by atoms with Crippen LogP contribution in [0.15, 0.2) is 60.9 Å². The average Bonchev–Trinajstić information content (AvgIpc) is 2.93. The van der Waals surface area contributed by atoms with Crippen LogP contribution in [0.1, 0.15) is 40.1 Å². The second-order valence-electron chi connectivity index (χ2n) is 9.94. The van der Waals surface area contributed by atoms with Crippen molar-refractivity contribution in [3.8, 4) is 5.75 Å². The topological polar surface area (TPSA) is 95.0 Å². The first kappa shape index (κ1) is 28.1. The second-order valence-corrected chi connectivity index (χ2v) is 9.94. The number of hydrogen-bond acceptors (Lipinski definition) is 6. The molecule has 0 bridgehead atoms. The van der Waals surface area contributed by atoms with Gasteiger partial charge in [0, 0.05) is 43.5 Å². The lowest BCUT2D eigenvalue weighted by Gasteiger charge is -2.38. The molecule has 1 aromatic heterocycles. The van der Waals surface area contributed by atoms with E-state index in [0.29, 0.717) is 36.4 Å². The number of nitrogens with zero attached hydrogens (tertiary/aromatic N) is 3. The summed E-state index contributed by atoms with van der Waals surface area (Å²) in [4.78, 5) is 34.0. The summed E-state index contributed by atoms with van der Waals surface area (Å²) in [6, 6.07) is 11.5. The second kappa shape index (κ2) is 12.3. The molecule has 0 saturated carbocycles. The molecule has 2 heterocycles. The maximum atomic E-state index is 13.8. The third kappa shape index (κ3) is 6.58. The highest BCUT2D eigenvalue weighted by Gasteiger charge is 2.34. The molecule has 0 saturated heterocycles. The summed E-state index contributed by atoms with van der Waals surface area (Å²) in [6.45, 7) is 4.56. The number of likely N-dealkylation sites (N-methyl/N-ethyl adjacent to an activating group) is 1. The Morgan fingerprint density at radius 3 is 2.64 bits per heavy atom.